The lowest BCUT2D eigenvalue weighted by molar-refractivity contribution is -0.137. The van der Waals surface area contributed by atoms with Gasteiger partial charge in [-0.15, -0.1) is 10.2 Å². The van der Waals surface area contributed by atoms with Gasteiger partial charge < -0.3 is 10.4 Å². The van der Waals surface area contributed by atoms with Crippen LogP contribution in [-0.2, 0) is 4.79 Å². The molecule has 1 aromatic rings. The number of carboxylic acids is 1. The molecule has 1 unspecified atom stereocenters. The number of aromatic nitrogens is 2. The van der Waals surface area contributed by atoms with Crippen molar-refractivity contribution in [1.82, 2.24) is 10.2 Å². The van der Waals surface area contributed by atoms with E-state index >= 15 is 0 Å². The van der Waals surface area contributed by atoms with Crippen molar-refractivity contribution in [1.29, 1.82) is 0 Å². The summed E-state index contributed by atoms with van der Waals surface area (Å²) in [5, 5.41) is 19.1. The van der Waals surface area contributed by atoms with Gasteiger partial charge >= 0.3 is 5.97 Å². The van der Waals surface area contributed by atoms with Crippen LogP contribution in [0.4, 0.5) is 5.82 Å². The van der Waals surface area contributed by atoms with Crippen molar-refractivity contribution in [3.05, 3.63) is 17.3 Å². The number of hydrogen-bond acceptors (Lipinski definition) is 4. The Kier molecular flexibility index (Phi) is 3.64. The molecule has 1 heterocycles. The minimum atomic E-state index is -0.855. The van der Waals surface area contributed by atoms with E-state index in [-0.39, 0.29) is 12.5 Å². The number of halogens is 1. The molecule has 76 valence electrons. The maximum absolute atomic E-state index is 10.4. The van der Waals surface area contributed by atoms with Crippen LogP contribution in [0.1, 0.15) is 13.3 Å². The summed E-state index contributed by atoms with van der Waals surface area (Å²) in [6.07, 6.45) is 0.0321. The van der Waals surface area contributed by atoms with Gasteiger partial charge in [0.05, 0.1) is 6.42 Å². The van der Waals surface area contributed by atoms with E-state index in [2.05, 4.69) is 15.5 Å². The molecule has 0 saturated heterocycles. The van der Waals surface area contributed by atoms with Crippen molar-refractivity contribution in [3.63, 3.8) is 0 Å². The molecule has 14 heavy (non-hydrogen) atoms. The molecule has 0 radical (unpaired) electrons. The van der Waals surface area contributed by atoms with Crippen LogP contribution in [0, 0.1) is 0 Å². The molecule has 6 heteroatoms. The Hall–Kier alpha value is -1.36. The van der Waals surface area contributed by atoms with Crippen molar-refractivity contribution in [2.45, 2.75) is 19.4 Å². The number of rotatable bonds is 4. The van der Waals surface area contributed by atoms with Gasteiger partial charge in [0, 0.05) is 6.04 Å². The van der Waals surface area contributed by atoms with Gasteiger partial charge in [0.25, 0.3) is 0 Å². The van der Waals surface area contributed by atoms with Gasteiger partial charge in [-0.1, -0.05) is 11.6 Å². The molecule has 0 fully saturated rings. The summed E-state index contributed by atoms with van der Waals surface area (Å²) in [4.78, 5) is 10.4. The topological polar surface area (TPSA) is 75.1 Å². The van der Waals surface area contributed by atoms with Gasteiger partial charge in [0.1, 0.15) is 5.82 Å². The maximum atomic E-state index is 10.4. The normalized spacial score (nSPS) is 12.1. The highest BCUT2D eigenvalue weighted by atomic mass is 35.5. The van der Waals surface area contributed by atoms with E-state index in [1.165, 1.54) is 0 Å². The van der Waals surface area contributed by atoms with E-state index in [1.54, 1.807) is 19.1 Å². The summed E-state index contributed by atoms with van der Waals surface area (Å²) < 4.78 is 0. The van der Waals surface area contributed by atoms with Gasteiger partial charge in [-0.3, -0.25) is 4.79 Å². The van der Waals surface area contributed by atoms with Crippen molar-refractivity contribution in [2.24, 2.45) is 0 Å². The molecule has 1 rings (SSSR count). The highest BCUT2D eigenvalue weighted by Gasteiger charge is 2.07. The van der Waals surface area contributed by atoms with Crippen molar-refractivity contribution >= 4 is 23.4 Å². The standard InChI is InChI=1S/C8H10ClN3O2/c1-5(4-8(13)14)10-7-3-2-6(9)11-12-7/h2-3,5H,4H2,1H3,(H,10,12)(H,13,14). The molecular weight excluding hydrogens is 206 g/mol. The molecule has 0 aliphatic heterocycles. The zero-order chi connectivity index (χ0) is 10.6. The Morgan fingerprint density at radius 3 is 2.86 bits per heavy atom. The molecule has 0 aromatic carbocycles. The number of nitrogens with one attached hydrogen (secondary N) is 1. The highest BCUT2D eigenvalue weighted by molar-refractivity contribution is 6.29. The largest absolute Gasteiger partial charge is 0.481 e. The van der Waals surface area contributed by atoms with Gasteiger partial charge in [0.2, 0.25) is 0 Å². The van der Waals surface area contributed by atoms with Crippen LogP contribution in [0.3, 0.4) is 0 Å². The lowest BCUT2D eigenvalue weighted by Gasteiger charge is -2.10. The molecule has 1 aromatic heterocycles. The van der Waals surface area contributed by atoms with E-state index in [0.29, 0.717) is 11.0 Å². The number of carboxylic acid groups (broad SMARTS) is 1. The van der Waals surface area contributed by atoms with Crippen LogP contribution in [0.5, 0.6) is 0 Å². The molecule has 1 atom stereocenters. The molecule has 0 saturated carbocycles. The summed E-state index contributed by atoms with van der Waals surface area (Å²) in [6.45, 7) is 1.75. The van der Waals surface area contributed by atoms with Crippen molar-refractivity contribution in [2.75, 3.05) is 5.32 Å². The minimum Gasteiger partial charge on any atom is -0.481 e. The van der Waals surface area contributed by atoms with E-state index in [4.69, 9.17) is 16.7 Å². The summed E-state index contributed by atoms with van der Waals surface area (Å²) >= 11 is 5.54. The quantitative estimate of drug-likeness (QED) is 0.794. The zero-order valence-electron chi connectivity index (χ0n) is 7.57. The number of carbonyl (C=O) groups is 1. The first kappa shape index (κ1) is 10.7. The van der Waals surface area contributed by atoms with E-state index in [0.717, 1.165) is 0 Å². The van der Waals surface area contributed by atoms with Crippen LogP contribution >= 0.6 is 11.6 Å². The van der Waals surface area contributed by atoms with E-state index < -0.39 is 5.97 Å². The third kappa shape index (κ3) is 3.57. The second-order valence-electron chi connectivity index (χ2n) is 2.88. The Morgan fingerprint density at radius 2 is 2.36 bits per heavy atom. The molecule has 2 N–H and O–H groups in total. The van der Waals surface area contributed by atoms with Gasteiger partial charge in [0.15, 0.2) is 5.15 Å². The average Bonchev–Trinajstić information content (AvgIpc) is 2.07. The van der Waals surface area contributed by atoms with E-state index in [1.807, 2.05) is 0 Å². The highest BCUT2D eigenvalue weighted by Crippen LogP contribution is 2.08. The molecule has 0 bridgehead atoms. The zero-order valence-corrected chi connectivity index (χ0v) is 8.32. The first-order valence-corrected chi connectivity index (χ1v) is 4.43. The van der Waals surface area contributed by atoms with E-state index in [9.17, 15) is 4.79 Å². The Labute approximate surface area is 86.1 Å². The lowest BCUT2D eigenvalue weighted by atomic mass is 10.2. The van der Waals surface area contributed by atoms with Crippen LogP contribution in [0.15, 0.2) is 12.1 Å². The maximum Gasteiger partial charge on any atom is 0.305 e. The first-order valence-electron chi connectivity index (χ1n) is 4.05. The molecular formula is C8H10ClN3O2. The Bertz CT molecular complexity index is 315. The predicted molar refractivity (Wildman–Crippen MR) is 52.4 cm³/mol. The average molecular weight is 216 g/mol. The van der Waals surface area contributed by atoms with Crippen LogP contribution < -0.4 is 5.32 Å². The van der Waals surface area contributed by atoms with Gasteiger partial charge in [-0.05, 0) is 19.1 Å². The summed E-state index contributed by atoms with van der Waals surface area (Å²) in [5.41, 5.74) is 0. The third-order valence-corrected chi connectivity index (χ3v) is 1.71. The summed E-state index contributed by atoms with van der Waals surface area (Å²) in [7, 11) is 0. The predicted octanol–water partition coefficient (Wildman–Crippen LogP) is 1.41. The second kappa shape index (κ2) is 4.76. The second-order valence-corrected chi connectivity index (χ2v) is 3.27. The number of anilines is 1. The van der Waals surface area contributed by atoms with Gasteiger partial charge in [-0.2, -0.15) is 0 Å². The summed E-state index contributed by atoms with van der Waals surface area (Å²) in [5.74, 6) is -0.338. The number of hydrogen-bond donors (Lipinski definition) is 2. The van der Waals surface area contributed by atoms with Gasteiger partial charge in [-0.25, -0.2) is 0 Å². The Morgan fingerprint density at radius 1 is 1.64 bits per heavy atom. The smallest absolute Gasteiger partial charge is 0.305 e. The fourth-order valence-corrected chi connectivity index (χ4v) is 1.06. The van der Waals surface area contributed by atoms with Crippen molar-refractivity contribution < 1.29 is 9.90 Å². The fraction of sp³-hybridized carbons (Fsp3) is 0.375. The van der Waals surface area contributed by atoms with Crippen molar-refractivity contribution in [3.8, 4) is 0 Å². The summed E-state index contributed by atoms with van der Waals surface area (Å²) in [6, 6.07) is 3.04. The SMILES string of the molecule is CC(CC(=O)O)Nc1ccc(Cl)nn1. The molecule has 0 aliphatic carbocycles. The number of nitrogens with zero attached hydrogens (tertiary/aromatic N) is 2. The van der Waals surface area contributed by atoms with Crippen LogP contribution in [0.2, 0.25) is 5.15 Å². The van der Waals surface area contributed by atoms with Crippen LogP contribution in [-0.4, -0.2) is 27.3 Å². The molecule has 0 aliphatic rings. The first-order chi connectivity index (χ1) is 6.58. The fourth-order valence-electron chi connectivity index (χ4n) is 0.958. The third-order valence-electron chi connectivity index (χ3n) is 1.51. The number of aliphatic carboxylic acids is 1. The van der Waals surface area contributed by atoms with Crippen LogP contribution in [0.25, 0.3) is 0 Å². The molecule has 0 spiro atoms. The lowest BCUT2D eigenvalue weighted by Crippen LogP contribution is -2.20. The monoisotopic (exact) mass is 215 g/mol. The molecule has 0 amide bonds. The Balaban J connectivity index is 2.51. The molecule has 5 nitrogen and oxygen atoms in total. The minimum absolute atomic E-state index is 0.0321.